The molecule has 1 saturated carbocycles. The smallest absolute Gasteiger partial charge is 0.147 e. The molecule has 16 heavy (non-hydrogen) atoms. The van der Waals surface area contributed by atoms with Gasteiger partial charge < -0.3 is 4.74 Å². The van der Waals surface area contributed by atoms with Crippen LogP contribution >= 0.6 is 27.5 Å². The monoisotopic (exact) mass is 304 g/mol. The van der Waals surface area contributed by atoms with Gasteiger partial charge in [0.1, 0.15) is 11.0 Å². The molecule has 1 aromatic heterocycles. The molecule has 5 heteroatoms. The Morgan fingerprint density at radius 2 is 2.19 bits per heavy atom. The van der Waals surface area contributed by atoms with E-state index in [1.165, 1.54) is 12.8 Å². The third-order valence-corrected chi connectivity index (χ3v) is 3.88. The van der Waals surface area contributed by atoms with Crippen molar-refractivity contribution in [3.8, 4) is 0 Å². The molecule has 0 N–H and O–H groups in total. The number of aryl methyl sites for hydroxylation is 1. The third-order valence-electron chi connectivity index (χ3n) is 2.60. The second kappa shape index (κ2) is 5.43. The summed E-state index contributed by atoms with van der Waals surface area (Å²) in [5.41, 5.74) is 1.08. The Balaban J connectivity index is 2.13. The van der Waals surface area contributed by atoms with Gasteiger partial charge in [-0.1, -0.05) is 11.6 Å². The highest BCUT2D eigenvalue weighted by molar-refractivity contribution is 9.10. The Kier molecular flexibility index (Phi) is 4.16. The minimum Gasteiger partial charge on any atom is -0.385 e. The molecular weight excluding hydrogens is 291 g/mol. The highest BCUT2D eigenvalue weighted by Gasteiger charge is 2.29. The van der Waals surface area contributed by atoms with E-state index in [-0.39, 0.29) is 0 Å². The average molecular weight is 306 g/mol. The quantitative estimate of drug-likeness (QED) is 0.618. The van der Waals surface area contributed by atoms with Gasteiger partial charge in [0.05, 0.1) is 10.2 Å². The van der Waals surface area contributed by atoms with Crippen molar-refractivity contribution in [3.05, 3.63) is 21.1 Å². The molecule has 1 aliphatic carbocycles. The first kappa shape index (κ1) is 12.3. The van der Waals surface area contributed by atoms with Gasteiger partial charge >= 0.3 is 0 Å². The standard InChI is InChI=1S/C11H14BrClN2O/c1-16-6-2-3-8-14-10(7-4-5-7)9(12)11(13)15-8/h7H,2-6H2,1H3. The molecular formula is C11H14BrClN2O. The van der Waals surface area contributed by atoms with Gasteiger partial charge in [0, 0.05) is 26.1 Å². The molecule has 0 amide bonds. The van der Waals surface area contributed by atoms with E-state index in [0.717, 1.165) is 35.4 Å². The van der Waals surface area contributed by atoms with Gasteiger partial charge in [-0.2, -0.15) is 0 Å². The summed E-state index contributed by atoms with van der Waals surface area (Å²) in [5, 5.41) is 0.532. The average Bonchev–Trinajstić information content (AvgIpc) is 3.07. The number of hydrogen-bond acceptors (Lipinski definition) is 3. The Labute approximate surface area is 109 Å². The normalized spacial score (nSPS) is 15.4. The van der Waals surface area contributed by atoms with E-state index >= 15 is 0 Å². The maximum atomic E-state index is 6.07. The minimum absolute atomic E-state index is 0.532. The summed E-state index contributed by atoms with van der Waals surface area (Å²) >= 11 is 9.53. The van der Waals surface area contributed by atoms with E-state index in [9.17, 15) is 0 Å². The summed E-state index contributed by atoms with van der Waals surface area (Å²) in [6.07, 6.45) is 4.17. The summed E-state index contributed by atoms with van der Waals surface area (Å²) in [5.74, 6) is 1.41. The summed E-state index contributed by atoms with van der Waals surface area (Å²) in [7, 11) is 1.70. The van der Waals surface area contributed by atoms with Crippen molar-refractivity contribution < 1.29 is 4.74 Å². The number of ether oxygens (including phenoxy) is 1. The van der Waals surface area contributed by atoms with Gasteiger partial charge in [0.15, 0.2) is 0 Å². The molecule has 3 nitrogen and oxygen atoms in total. The fourth-order valence-corrected chi connectivity index (χ4v) is 2.29. The van der Waals surface area contributed by atoms with Gasteiger partial charge in [-0.25, -0.2) is 9.97 Å². The molecule has 88 valence electrons. The second-order valence-electron chi connectivity index (χ2n) is 4.00. The molecule has 0 aromatic carbocycles. The van der Waals surface area contributed by atoms with Crippen LogP contribution in [0.25, 0.3) is 0 Å². The zero-order valence-corrected chi connectivity index (χ0v) is 11.5. The number of methoxy groups -OCH3 is 1. The topological polar surface area (TPSA) is 35.0 Å². The molecule has 1 aromatic rings. The maximum absolute atomic E-state index is 6.07. The van der Waals surface area contributed by atoms with Crippen LogP contribution < -0.4 is 0 Å². The van der Waals surface area contributed by atoms with E-state index in [1.54, 1.807) is 7.11 Å². The van der Waals surface area contributed by atoms with Crippen molar-refractivity contribution in [1.29, 1.82) is 0 Å². The summed E-state index contributed by atoms with van der Waals surface area (Å²) in [6, 6.07) is 0. The van der Waals surface area contributed by atoms with Gasteiger partial charge in [-0.15, -0.1) is 0 Å². The van der Waals surface area contributed by atoms with Crippen molar-refractivity contribution >= 4 is 27.5 Å². The number of halogens is 2. The lowest BCUT2D eigenvalue weighted by Crippen LogP contribution is -2.03. The van der Waals surface area contributed by atoms with Gasteiger partial charge in [-0.3, -0.25) is 0 Å². The molecule has 1 fully saturated rings. The lowest BCUT2D eigenvalue weighted by Gasteiger charge is -2.07. The summed E-state index contributed by atoms with van der Waals surface area (Å²) < 4.78 is 5.88. The molecule has 0 saturated heterocycles. The van der Waals surface area contributed by atoms with Crippen LogP contribution in [-0.4, -0.2) is 23.7 Å². The van der Waals surface area contributed by atoms with Crippen LogP contribution in [0.4, 0.5) is 0 Å². The molecule has 1 heterocycles. The van der Waals surface area contributed by atoms with Crippen molar-refractivity contribution in [2.24, 2.45) is 0 Å². The van der Waals surface area contributed by atoms with Crippen LogP contribution in [-0.2, 0) is 11.2 Å². The first-order chi connectivity index (χ1) is 7.72. The molecule has 0 aliphatic heterocycles. The maximum Gasteiger partial charge on any atom is 0.147 e. The van der Waals surface area contributed by atoms with E-state index in [4.69, 9.17) is 16.3 Å². The van der Waals surface area contributed by atoms with Crippen molar-refractivity contribution in [2.75, 3.05) is 13.7 Å². The van der Waals surface area contributed by atoms with Crippen LogP contribution in [0.5, 0.6) is 0 Å². The summed E-state index contributed by atoms with van der Waals surface area (Å²) in [4.78, 5) is 8.84. The zero-order valence-electron chi connectivity index (χ0n) is 9.17. The Morgan fingerprint density at radius 1 is 1.44 bits per heavy atom. The zero-order chi connectivity index (χ0) is 11.5. The fraction of sp³-hybridized carbons (Fsp3) is 0.636. The van der Waals surface area contributed by atoms with E-state index in [0.29, 0.717) is 11.1 Å². The SMILES string of the molecule is COCCCc1nc(Cl)c(Br)c(C2CC2)n1. The molecule has 0 atom stereocenters. The fourth-order valence-electron chi connectivity index (χ4n) is 1.59. The first-order valence-electron chi connectivity index (χ1n) is 5.43. The largest absolute Gasteiger partial charge is 0.385 e. The Morgan fingerprint density at radius 3 is 2.81 bits per heavy atom. The molecule has 0 spiro atoms. The Bertz CT molecular complexity index is 382. The van der Waals surface area contributed by atoms with Gasteiger partial charge in [-0.05, 0) is 35.2 Å². The predicted octanol–water partition coefficient (Wildman–Crippen LogP) is 3.35. The van der Waals surface area contributed by atoms with Crippen LogP contribution in [0, 0.1) is 0 Å². The van der Waals surface area contributed by atoms with E-state index in [2.05, 4.69) is 25.9 Å². The predicted molar refractivity (Wildman–Crippen MR) is 66.9 cm³/mol. The van der Waals surface area contributed by atoms with Gasteiger partial charge in [0.25, 0.3) is 0 Å². The highest BCUT2D eigenvalue weighted by Crippen LogP contribution is 2.43. The Hall–Kier alpha value is -0.190. The van der Waals surface area contributed by atoms with Crippen LogP contribution in [0.1, 0.15) is 36.7 Å². The van der Waals surface area contributed by atoms with E-state index in [1.807, 2.05) is 0 Å². The van der Waals surface area contributed by atoms with Crippen molar-refractivity contribution in [1.82, 2.24) is 9.97 Å². The summed E-state index contributed by atoms with van der Waals surface area (Å²) in [6.45, 7) is 0.732. The van der Waals surface area contributed by atoms with Crippen LogP contribution in [0.15, 0.2) is 4.47 Å². The van der Waals surface area contributed by atoms with Crippen molar-refractivity contribution in [2.45, 2.75) is 31.6 Å². The van der Waals surface area contributed by atoms with Crippen LogP contribution in [0.3, 0.4) is 0 Å². The first-order valence-corrected chi connectivity index (χ1v) is 6.60. The van der Waals surface area contributed by atoms with Gasteiger partial charge in [0.2, 0.25) is 0 Å². The second-order valence-corrected chi connectivity index (χ2v) is 5.15. The third kappa shape index (κ3) is 2.93. The van der Waals surface area contributed by atoms with Crippen LogP contribution in [0.2, 0.25) is 5.15 Å². The lowest BCUT2D eigenvalue weighted by molar-refractivity contribution is 0.194. The highest BCUT2D eigenvalue weighted by atomic mass is 79.9. The number of aromatic nitrogens is 2. The lowest BCUT2D eigenvalue weighted by atomic mass is 10.2. The molecule has 2 rings (SSSR count). The molecule has 0 radical (unpaired) electrons. The molecule has 0 bridgehead atoms. The number of rotatable bonds is 5. The minimum atomic E-state index is 0.532. The number of nitrogens with zero attached hydrogens (tertiary/aromatic N) is 2. The molecule has 0 unspecified atom stereocenters. The number of hydrogen-bond donors (Lipinski definition) is 0. The molecule has 1 aliphatic rings. The van der Waals surface area contributed by atoms with Crippen molar-refractivity contribution in [3.63, 3.8) is 0 Å². The van der Waals surface area contributed by atoms with E-state index < -0.39 is 0 Å².